The predicted octanol–water partition coefficient (Wildman–Crippen LogP) is 5.73. The minimum absolute atomic E-state index is 0.177. The Morgan fingerprint density at radius 1 is 1.08 bits per heavy atom. The summed E-state index contributed by atoms with van der Waals surface area (Å²) in [4.78, 5) is 29.4. The number of rotatable bonds is 5. The van der Waals surface area contributed by atoms with E-state index in [-0.39, 0.29) is 11.4 Å². The van der Waals surface area contributed by atoms with Gasteiger partial charge in [0.1, 0.15) is 16.9 Å². The maximum Gasteiger partial charge on any atom is 0.265 e. The number of benzene rings is 2. The summed E-state index contributed by atoms with van der Waals surface area (Å²) in [6.07, 6.45) is 7.56. The molecule has 0 unspecified atom stereocenters. The molecule has 7 nitrogen and oxygen atoms in total. The molecule has 6 rings (SSSR count). The standard InChI is InChI=1S/C28H24N4O3S/c1-2-35-18-13-11-17(12-14-18)32-27(33)20-8-4-3-7-19(20)22(28(32)34)15-29-25-24-21-9-5-6-10-23(21)36-26(24)31-16-30-25/h3-4,7-8,11-16,34H,2,5-6,9-10H2,1H3. The van der Waals surface area contributed by atoms with Crippen molar-refractivity contribution in [3.63, 3.8) is 0 Å². The van der Waals surface area contributed by atoms with Crippen LogP contribution in [0, 0.1) is 0 Å². The molecule has 3 aromatic heterocycles. The lowest BCUT2D eigenvalue weighted by Gasteiger charge is -2.14. The monoisotopic (exact) mass is 496 g/mol. The zero-order chi connectivity index (χ0) is 24.6. The average molecular weight is 497 g/mol. The highest BCUT2D eigenvalue weighted by atomic mass is 32.1. The van der Waals surface area contributed by atoms with E-state index in [1.54, 1.807) is 47.9 Å². The van der Waals surface area contributed by atoms with Crippen molar-refractivity contribution in [2.75, 3.05) is 6.61 Å². The van der Waals surface area contributed by atoms with Crippen LogP contribution in [0.25, 0.3) is 26.7 Å². The van der Waals surface area contributed by atoms with Gasteiger partial charge in [-0.05, 0) is 68.5 Å². The van der Waals surface area contributed by atoms with Gasteiger partial charge < -0.3 is 9.84 Å². The number of nitrogens with zero attached hydrogens (tertiary/aromatic N) is 4. The fourth-order valence-corrected chi connectivity index (χ4v) is 6.11. The van der Waals surface area contributed by atoms with Gasteiger partial charge in [0.2, 0.25) is 5.88 Å². The molecule has 1 aliphatic rings. The van der Waals surface area contributed by atoms with Crippen molar-refractivity contribution in [2.45, 2.75) is 32.6 Å². The lowest BCUT2D eigenvalue weighted by molar-refractivity contribution is 0.340. The summed E-state index contributed by atoms with van der Waals surface area (Å²) < 4.78 is 6.83. The highest BCUT2D eigenvalue weighted by Gasteiger charge is 2.20. The van der Waals surface area contributed by atoms with Crippen molar-refractivity contribution in [1.82, 2.24) is 14.5 Å². The van der Waals surface area contributed by atoms with E-state index < -0.39 is 0 Å². The van der Waals surface area contributed by atoms with Gasteiger partial charge in [-0.15, -0.1) is 11.3 Å². The van der Waals surface area contributed by atoms with Crippen LogP contribution in [0.3, 0.4) is 0 Å². The molecule has 36 heavy (non-hydrogen) atoms. The molecule has 0 atom stereocenters. The molecule has 0 fully saturated rings. The Labute approximate surface area is 211 Å². The van der Waals surface area contributed by atoms with Crippen LogP contribution in [0.4, 0.5) is 5.82 Å². The summed E-state index contributed by atoms with van der Waals surface area (Å²) in [7, 11) is 0. The third kappa shape index (κ3) is 3.74. The van der Waals surface area contributed by atoms with Gasteiger partial charge in [-0.3, -0.25) is 4.79 Å². The van der Waals surface area contributed by atoms with E-state index in [1.165, 1.54) is 27.8 Å². The van der Waals surface area contributed by atoms with Gasteiger partial charge in [-0.2, -0.15) is 0 Å². The van der Waals surface area contributed by atoms with Gasteiger partial charge in [0.05, 0.1) is 23.2 Å². The van der Waals surface area contributed by atoms with E-state index in [4.69, 9.17) is 9.73 Å². The number of aliphatic imine (C=N–C) groups is 1. The first kappa shape index (κ1) is 22.4. The smallest absolute Gasteiger partial charge is 0.265 e. The number of aromatic nitrogens is 3. The number of hydrogen-bond acceptors (Lipinski definition) is 7. The highest BCUT2D eigenvalue weighted by Crippen LogP contribution is 2.39. The molecule has 180 valence electrons. The van der Waals surface area contributed by atoms with E-state index in [2.05, 4.69) is 9.97 Å². The van der Waals surface area contributed by atoms with E-state index >= 15 is 0 Å². The van der Waals surface area contributed by atoms with Crippen LogP contribution >= 0.6 is 11.3 Å². The molecule has 0 amide bonds. The number of ether oxygens (including phenoxy) is 1. The van der Waals surface area contributed by atoms with Crippen molar-refractivity contribution in [2.24, 2.45) is 4.99 Å². The maximum absolute atomic E-state index is 13.4. The minimum Gasteiger partial charge on any atom is -0.494 e. The summed E-state index contributed by atoms with van der Waals surface area (Å²) in [6.45, 7) is 2.46. The third-order valence-corrected chi connectivity index (χ3v) is 7.76. The Morgan fingerprint density at radius 2 is 1.86 bits per heavy atom. The van der Waals surface area contributed by atoms with E-state index in [1.807, 2.05) is 25.1 Å². The number of hydrogen-bond donors (Lipinski definition) is 1. The Kier molecular flexibility index (Phi) is 5.73. The van der Waals surface area contributed by atoms with Crippen LogP contribution in [-0.4, -0.2) is 32.5 Å². The SMILES string of the molecule is CCOc1ccc(-n2c(O)c(C=Nc3ncnc4sc5c(c34)CCCC5)c3ccccc3c2=O)cc1. The fourth-order valence-electron chi connectivity index (χ4n) is 4.88. The molecule has 3 heterocycles. The summed E-state index contributed by atoms with van der Waals surface area (Å²) in [5, 5.41) is 13.5. The van der Waals surface area contributed by atoms with Gasteiger partial charge in [0.15, 0.2) is 5.82 Å². The second-order valence-electron chi connectivity index (χ2n) is 8.70. The Hall–Kier alpha value is -4.04. The minimum atomic E-state index is -0.305. The first-order valence-electron chi connectivity index (χ1n) is 12.0. The second-order valence-corrected chi connectivity index (χ2v) is 9.78. The van der Waals surface area contributed by atoms with Crippen molar-refractivity contribution in [3.05, 3.63) is 81.2 Å². The number of fused-ring (bicyclic) bond motifs is 4. The largest absolute Gasteiger partial charge is 0.494 e. The lowest BCUT2D eigenvalue weighted by Crippen LogP contribution is -2.20. The Bertz CT molecular complexity index is 1690. The summed E-state index contributed by atoms with van der Waals surface area (Å²) in [6, 6.07) is 14.3. The molecule has 2 aromatic carbocycles. The van der Waals surface area contributed by atoms with Crippen LogP contribution in [0.2, 0.25) is 0 Å². The van der Waals surface area contributed by atoms with Crippen molar-refractivity contribution in [1.29, 1.82) is 0 Å². The lowest BCUT2D eigenvalue weighted by atomic mass is 9.97. The van der Waals surface area contributed by atoms with Gasteiger partial charge in [-0.1, -0.05) is 18.2 Å². The number of aromatic hydroxyl groups is 1. The molecular weight excluding hydrogens is 472 g/mol. The zero-order valence-electron chi connectivity index (χ0n) is 19.8. The van der Waals surface area contributed by atoms with Crippen molar-refractivity contribution >= 4 is 44.4 Å². The van der Waals surface area contributed by atoms with Crippen LogP contribution in [0.15, 0.2) is 64.6 Å². The Balaban J connectivity index is 1.52. The molecule has 8 heteroatoms. The highest BCUT2D eigenvalue weighted by molar-refractivity contribution is 7.19. The third-order valence-electron chi connectivity index (χ3n) is 6.56. The average Bonchev–Trinajstić information content (AvgIpc) is 3.29. The van der Waals surface area contributed by atoms with Gasteiger partial charge in [0, 0.05) is 21.9 Å². The molecular formula is C28H24N4O3S. The fraction of sp³-hybridized carbons (Fsp3) is 0.214. The molecule has 0 aliphatic heterocycles. The van der Waals surface area contributed by atoms with Gasteiger partial charge >= 0.3 is 0 Å². The van der Waals surface area contributed by atoms with Gasteiger partial charge in [-0.25, -0.2) is 19.5 Å². The number of pyridine rings is 1. The summed E-state index contributed by atoms with van der Waals surface area (Å²) in [5.41, 5.74) is 1.98. The predicted molar refractivity (Wildman–Crippen MR) is 144 cm³/mol. The maximum atomic E-state index is 13.4. The molecule has 0 spiro atoms. The molecule has 0 saturated heterocycles. The van der Waals surface area contributed by atoms with Crippen LogP contribution < -0.4 is 10.3 Å². The van der Waals surface area contributed by atoms with E-state index in [0.717, 1.165) is 29.5 Å². The zero-order valence-corrected chi connectivity index (χ0v) is 20.6. The van der Waals surface area contributed by atoms with Gasteiger partial charge in [0.25, 0.3) is 5.56 Å². The first-order valence-corrected chi connectivity index (χ1v) is 12.9. The molecule has 0 radical (unpaired) electrons. The van der Waals surface area contributed by atoms with Crippen molar-refractivity contribution < 1.29 is 9.84 Å². The summed E-state index contributed by atoms with van der Waals surface area (Å²) in [5.74, 6) is 1.11. The normalized spacial score (nSPS) is 13.5. The molecule has 1 aliphatic carbocycles. The quantitative estimate of drug-likeness (QED) is 0.314. The van der Waals surface area contributed by atoms with E-state index in [9.17, 15) is 9.90 Å². The molecule has 5 aromatic rings. The topological polar surface area (TPSA) is 89.6 Å². The molecule has 0 bridgehead atoms. The van der Waals surface area contributed by atoms with Crippen molar-refractivity contribution in [3.8, 4) is 17.3 Å². The molecule has 0 saturated carbocycles. The van der Waals surface area contributed by atoms with E-state index in [0.29, 0.717) is 40.2 Å². The Morgan fingerprint density at radius 3 is 2.67 bits per heavy atom. The molecule has 1 N–H and O–H groups in total. The first-order chi connectivity index (χ1) is 17.7. The summed E-state index contributed by atoms with van der Waals surface area (Å²) >= 11 is 1.72. The van der Waals surface area contributed by atoms with Crippen LogP contribution in [0.5, 0.6) is 11.6 Å². The number of aryl methyl sites for hydroxylation is 2. The van der Waals surface area contributed by atoms with Crippen LogP contribution in [-0.2, 0) is 12.8 Å². The number of thiophene rings is 1. The van der Waals surface area contributed by atoms with Crippen LogP contribution in [0.1, 0.15) is 35.8 Å². The second kappa shape index (κ2) is 9.20.